The van der Waals surface area contributed by atoms with Gasteiger partial charge in [-0.3, -0.25) is 0 Å². The fraction of sp³-hybridized carbons (Fsp3) is 0.333. The van der Waals surface area contributed by atoms with E-state index in [0.29, 0.717) is 6.54 Å². The molecule has 2 aromatic heterocycles. The van der Waals surface area contributed by atoms with Gasteiger partial charge in [0.1, 0.15) is 17.5 Å². The van der Waals surface area contributed by atoms with Gasteiger partial charge in [-0.05, 0) is 13.0 Å². The number of hydrogen-bond acceptors (Lipinski definition) is 5. The number of likely N-dealkylation sites (N-methyl/N-ethyl adjacent to an activating group) is 1. The van der Waals surface area contributed by atoms with Crippen LogP contribution in [0.5, 0.6) is 0 Å². The molecule has 0 amide bonds. The quantitative estimate of drug-likeness (QED) is 0.739. The Morgan fingerprint density at radius 1 is 1.44 bits per heavy atom. The first-order valence-corrected chi connectivity index (χ1v) is 5.86. The van der Waals surface area contributed by atoms with Gasteiger partial charge < -0.3 is 20.9 Å². The van der Waals surface area contributed by atoms with E-state index < -0.39 is 0 Å². The van der Waals surface area contributed by atoms with E-state index in [9.17, 15) is 0 Å². The molecule has 0 aliphatic heterocycles. The van der Waals surface area contributed by atoms with Crippen molar-refractivity contribution in [3.05, 3.63) is 30.4 Å². The summed E-state index contributed by atoms with van der Waals surface area (Å²) in [6.07, 6.45) is 3.73. The molecule has 0 unspecified atom stereocenters. The molecule has 0 saturated heterocycles. The summed E-state index contributed by atoms with van der Waals surface area (Å²) < 4.78 is 0. The van der Waals surface area contributed by atoms with Crippen LogP contribution >= 0.6 is 0 Å². The SMILES string of the molecule is Cc1nc(Nc2cc[nH]c2)cc(N(C)CCN)n1. The highest BCUT2D eigenvalue weighted by Crippen LogP contribution is 2.18. The summed E-state index contributed by atoms with van der Waals surface area (Å²) in [6, 6.07) is 3.86. The van der Waals surface area contributed by atoms with Crippen molar-refractivity contribution in [3.63, 3.8) is 0 Å². The number of rotatable bonds is 5. The standard InChI is InChI=1S/C12H18N6/c1-9-15-11(17-10-3-5-14-8-10)7-12(16-9)18(2)6-4-13/h3,5,7-8,14H,4,6,13H2,1-2H3,(H,15,16,17). The lowest BCUT2D eigenvalue weighted by atomic mass is 10.4. The number of anilines is 3. The number of aromatic amines is 1. The second-order valence-corrected chi connectivity index (χ2v) is 4.09. The normalized spacial score (nSPS) is 10.4. The maximum Gasteiger partial charge on any atom is 0.136 e. The minimum Gasteiger partial charge on any atom is -0.366 e. The monoisotopic (exact) mass is 246 g/mol. The third kappa shape index (κ3) is 2.98. The van der Waals surface area contributed by atoms with Crippen LogP contribution in [0, 0.1) is 6.92 Å². The number of nitrogens with two attached hydrogens (primary N) is 1. The Kier molecular flexibility index (Phi) is 3.78. The van der Waals surface area contributed by atoms with Crippen molar-refractivity contribution in [2.24, 2.45) is 5.73 Å². The van der Waals surface area contributed by atoms with E-state index in [0.717, 1.165) is 29.7 Å². The molecule has 4 N–H and O–H groups in total. The molecule has 0 spiro atoms. The number of nitrogens with one attached hydrogen (secondary N) is 2. The van der Waals surface area contributed by atoms with Gasteiger partial charge in [0, 0.05) is 38.6 Å². The second-order valence-electron chi connectivity index (χ2n) is 4.09. The fourth-order valence-electron chi connectivity index (χ4n) is 1.67. The summed E-state index contributed by atoms with van der Waals surface area (Å²) >= 11 is 0. The highest BCUT2D eigenvalue weighted by molar-refractivity contribution is 5.58. The molecule has 96 valence electrons. The van der Waals surface area contributed by atoms with Crippen molar-refractivity contribution in [1.29, 1.82) is 0 Å². The van der Waals surface area contributed by atoms with Gasteiger partial charge in [-0.1, -0.05) is 0 Å². The Balaban J connectivity index is 2.20. The van der Waals surface area contributed by atoms with Gasteiger partial charge in [-0.25, -0.2) is 9.97 Å². The molecule has 18 heavy (non-hydrogen) atoms. The fourth-order valence-corrected chi connectivity index (χ4v) is 1.67. The molecule has 2 rings (SSSR count). The summed E-state index contributed by atoms with van der Waals surface area (Å²) in [7, 11) is 1.97. The van der Waals surface area contributed by atoms with Gasteiger partial charge in [0.25, 0.3) is 0 Å². The zero-order valence-corrected chi connectivity index (χ0v) is 10.6. The molecular weight excluding hydrogens is 228 g/mol. The van der Waals surface area contributed by atoms with E-state index in [4.69, 9.17) is 5.73 Å². The lowest BCUT2D eigenvalue weighted by Crippen LogP contribution is -2.26. The Hall–Kier alpha value is -2.08. The van der Waals surface area contributed by atoms with Crippen molar-refractivity contribution in [1.82, 2.24) is 15.0 Å². The van der Waals surface area contributed by atoms with Crippen LogP contribution in [-0.4, -0.2) is 35.1 Å². The van der Waals surface area contributed by atoms with Crippen molar-refractivity contribution in [2.45, 2.75) is 6.92 Å². The Labute approximate surface area is 106 Å². The first-order valence-electron chi connectivity index (χ1n) is 5.86. The van der Waals surface area contributed by atoms with Gasteiger partial charge >= 0.3 is 0 Å². The van der Waals surface area contributed by atoms with Gasteiger partial charge in [0.05, 0.1) is 5.69 Å². The first-order chi connectivity index (χ1) is 8.69. The molecule has 0 saturated carbocycles. The number of aryl methyl sites for hydroxylation is 1. The van der Waals surface area contributed by atoms with Crippen molar-refractivity contribution in [3.8, 4) is 0 Å². The Bertz CT molecular complexity index is 493. The minimum atomic E-state index is 0.597. The second kappa shape index (κ2) is 5.50. The molecule has 0 fully saturated rings. The molecular formula is C12H18N6. The van der Waals surface area contributed by atoms with Gasteiger partial charge in [-0.2, -0.15) is 0 Å². The van der Waals surface area contributed by atoms with E-state index in [1.165, 1.54) is 0 Å². The van der Waals surface area contributed by atoms with E-state index >= 15 is 0 Å². The molecule has 0 atom stereocenters. The largest absolute Gasteiger partial charge is 0.366 e. The highest BCUT2D eigenvalue weighted by Gasteiger charge is 2.06. The average Bonchev–Trinajstić information content (AvgIpc) is 2.81. The van der Waals surface area contributed by atoms with Crippen molar-refractivity contribution in [2.75, 3.05) is 30.4 Å². The molecule has 6 heteroatoms. The topological polar surface area (TPSA) is 82.9 Å². The zero-order chi connectivity index (χ0) is 13.0. The molecule has 0 aliphatic carbocycles. The summed E-state index contributed by atoms with van der Waals surface area (Å²) in [5.41, 5.74) is 6.52. The first kappa shape index (κ1) is 12.4. The summed E-state index contributed by atoms with van der Waals surface area (Å²) in [5.74, 6) is 2.38. The van der Waals surface area contributed by atoms with Crippen molar-refractivity contribution < 1.29 is 0 Å². The van der Waals surface area contributed by atoms with Crippen LogP contribution in [0.2, 0.25) is 0 Å². The van der Waals surface area contributed by atoms with E-state index in [1.807, 2.05) is 43.4 Å². The lowest BCUT2D eigenvalue weighted by Gasteiger charge is -2.18. The predicted octanol–water partition coefficient (Wildman–Crippen LogP) is 1.25. The van der Waals surface area contributed by atoms with Crippen molar-refractivity contribution >= 4 is 17.3 Å². The van der Waals surface area contributed by atoms with Gasteiger partial charge in [0.15, 0.2) is 0 Å². The summed E-state index contributed by atoms with van der Waals surface area (Å²) in [4.78, 5) is 13.8. The Morgan fingerprint density at radius 2 is 2.28 bits per heavy atom. The molecule has 2 heterocycles. The maximum atomic E-state index is 5.55. The highest BCUT2D eigenvalue weighted by atomic mass is 15.2. The van der Waals surface area contributed by atoms with Crippen LogP contribution in [-0.2, 0) is 0 Å². The zero-order valence-electron chi connectivity index (χ0n) is 10.6. The smallest absolute Gasteiger partial charge is 0.136 e. The van der Waals surface area contributed by atoms with Gasteiger partial charge in [0.2, 0.25) is 0 Å². The average molecular weight is 246 g/mol. The number of nitrogens with zero attached hydrogens (tertiary/aromatic N) is 3. The minimum absolute atomic E-state index is 0.597. The number of aromatic nitrogens is 3. The molecule has 0 aliphatic rings. The number of H-pyrrole nitrogens is 1. The summed E-state index contributed by atoms with van der Waals surface area (Å²) in [5, 5.41) is 3.22. The lowest BCUT2D eigenvalue weighted by molar-refractivity contribution is 0.857. The Morgan fingerprint density at radius 3 is 2.94 bits per heavy atom. The predicted molar refractivity (Wildman–Crippen MR) is 73.2 cm³/mol. The van der Waals surface area contributed by atoms with E-state index in [-0.39, 0.29) is 0 Å². The van der Waals surface area contributed by atoms with Crippen LogP contribution in [0.15, 0.2) is 24.5 Å². The molecule has 0 bridgehead atoms. The van der Waals surface area contributed by atoms with Crippen LogP contribution < -0.4 is 16.0 Å². The third-order valence-electron chi connectivity index (χ3n) is 2.55. The molecule has 6 nitrogen and oxygen atoms in total. The molecule has 0 aromatic carbocycles. The summed E-state index contributed by atoms with van der Waals surface area (Å²) in [6.45, 7) is 3.24. The van der Waals surface area contributed by atoms with Gasteiger partial charge in [-0.15, -0.1) is 0 Å². The van der Waals surface area contributed by atoms with E-state index in [2.05, 4.69) is 20.3 Å². The third-order valence-corrected chi connectivity index (χ3v) is 2.55. The van der Waals surface area contributed by atoms with E-state index in [1.54, 1.807) is 0 Å². The molecule has 2 aromatic rings. The number of hydrogen-bond donors (Lipinski definition) is 3. The van der Waals surface area contributed by atoms with Crippen LogP contribution in [0.25, 0.3) is 0 Å². The maximum absolute atomic E-state index is 5.55. The molecule has 0 radical (unpaired) electrons. The van der Waals surface area contributed by atoms with Crippen LogP contribution in [0.3, 0.4) is 0 Å². The van der Waals surface area contributed by atoms with Crippen LogP contribution in [0.1, 0.15) is 5.82 Å². The van der Waals surface area contributed by atoms with Crippen LogP contribution in [0.4, 0.5) is 17.3 Å².